The van der Waals surface area contributed by atoms with Gasteiger partial charge in [-0.1, -0.05) is 217 Å². The number of phosphoric acid groups is 1. The monoisotopic (exact) mass is 806 g/mol. The maximum atomic E-state index is 14.0. The first-order chi connectivity index (χ1) is 27.5. The SMILES string of the molecule is C#CCN(C)CCOP(=O)(OCc1ccccc1)OC(COCCCCCCCCCCCCCCCC)COCCCCCCCCCCCCCCCC. The van der Waals surface area contributed by atoms with Gasteiger partial charge in [0.05, 0.1) is 33.0 Å². The molecule has 0 aromatic heterocycles. The number of nitrogens with zero attached hydrogens (tertiary/aromatic N) is 1. The standard InChI is InChI=1S/C48H88NO6P/c1-5-8-10-12-14-16-18-20-22-24-26-28-30-35-41-51-45-48(46-52-42-36-31-29-27-25-23-21-19-17-15-13-11-9-6-2)55-56(50,53-43-40-49(4)39-7-3)54-44-47-37-33-32-34-38-47/h3,32-34,37-38,48H,5-6,8-31,35-36,39-46H2,1-2,4H3. The summed E-state index contributed by atoms with van der Waals surface area (Å²) >= 11 is 0. The van der Waals surface area contributed by atoms with Crippen molar-refractivity contribution in [2.75, 3.05) is 53.2 Å². The van der Waals surface area contributed by atoms with Crippen molar-refractivity contribution in [3.8, 4) is 12.3 Å². The van der Waals surface area contributed by atoms with Crippen LogP contribution in [0.5, 0.6) is 0 Å². The van der Waals surface area contributed by atoms with Gasteiger partial charge < -0.3 is 9.47 Å². The molecule has 0 aliphatic heterocycles. The van der Waals surface area contributed by atoms with Crippen LogP contribution in [0.4, 0.5) is 0 Å². The average molecular weight is 806 g/mol. The molecule has 0 saturated carbocycles. The molecular weight excluding hydrogens is 718 g/mol. The Morgan fingerprint density at radius 2 is 0.964 bits per heavy atom. The van der Waals surface area contributed by atoms with Gasteiger partial charge >= 0.3 is 7.82 Å². The van der Waals surface area contributed by atoms with Crippen LogP contribution in [-0.2, 0) is 34.2 Å². The molecule has 0 heterocycles. The fourth-order valence-electron chi connectivity index (χ4n) is 6.89. The van der Waals surface area contributed by atoms with Crippen molar-refractivity contribution in [1.82, 2.24) is 4.90 Å². The summed E-state index contributed by atoms with van der Waals surface area (Å²) in [5.41, 5.74) is 0.893. The third-order valence-corrected chi connectivity index (χ3v) is 12.0. The molecule has 326 valence electrons. The Hall–Kier alpha value is -1.23. The Morgan fingerprint density at radius 3 is 1.36 bits per heavy atom. The number of hydrogen-bond donors (Lipinski definition) is 0. The van der Waals surface area contributed by atoms with E-state index in [-0.39, 0.29) is 26.4 Å². The Bertz CT molecular complexity index is 1000. The molecule has 7 nitrogen and oxygen atoms in total. The molecule has 0 N–H and O–H groups in total. The molecule has 1 aromatic carbocycles. The molecule has 1 atom stereocenters. The summed E-state index contributed by atoms with van der Waals surface area (Å²) in [6, 6.07) is 9.67. The predicted octanol–water partition coefficient (Wildman–Crippen LogP) is 14.3. The van der Waals surface area contributed by atoms with Gasteiger partial charge in [0, 0.05) is 19.8 Å². The summed E-state index contributed by atoms with van der Waals surface area (Å²) in [6.45, 7) is 7.65. The van der Waals surface area contributed by atoms with Gasteiger partial charge in [0.2, 0.25) is 0 Å². The van der Waals surface area contributed by atoms with Gasteiger partial charge in [-0.15, -0.1) is 6.42 Å². The molecule has 1 aromatic rings. The summed E-state index contributed by atoms with van der Waals surface area (Å²) in [5.74, 6) is 2.63. The van der Waals surface area contributed by atoms with Gasteiger partial charge in [-0.2, -0.15) is 0 Å². The maximum Gasteiger partial charge on any atom is 0.475 e. The number of likely N-dealkylation sites (N-methyl/N-ethyl adjacent to an activating group) is 1. The van der Waals surface area contributed by atoms with E-state index >= 15 is 0 Å². The topological polar surface area (TPSA) is 66.5 Å². The van der Waals surface area contributed by atoms with Crippen LogP contribution in [0.25, 0.3) is 0 Å². The predicted molar refractivity (Wildman–Crippen MR) is 238 cm³/mol. The van der Waals surface area contributed by atoms with Gasteiger partial charge in [0.25, 0.3) is 0 Å². The molecule has 0 radical (unpaired) electrons. The average Bonchev–Trinajstić information content (AvgIpc) is 3.20. The first-order valence-electron chi connectivity index (χ1n) is 23.4. The van der Waals surface area contributed by atoms with Crippen LogP contribution in [0, 0.1) is 12.3 Å². The zero-order valence-corrected chi connectivity index (χ0v) is 37.7. The summed E-state index contributed by atoms with van der Waals surface area (Å²) < 4.78 is 44.1. The van der Waals surface area contributed by atoms with Crippen LogP contribution in [0.3, 0.4) is 0 Å². The van der Waals surface area contributed by atoms with Crippen LogP contribution in [0.15, 0.2) is 30.3 Å². The number of terminal acetylenes is 1. The van der Waals surface area contributed by atoms with Gasteiger partial charge in [0.1, 0.15) is 6.10 Å². The lowest BCUT2D eigenvalue weighted by Crippen LogP contribution is -2.27. The third-order valence-electron chi connectivity index (χ3n) is 10.5. The minimum Gasteiger partial charge on any atom is -0.379 e. The molecule has 8 heteroatoms. The van der Waals surface area contributed by atoms with E-state index in [1.807, 2.05) is 42.3 Å². The first-order valence-corrected chi connectivity index (χ1v) is 24.9. The van der Waals surface area contributed by atoms with Crippen LogP contribution in [0.1, 0.15) is 199 Å². The van der Waals surface area contributed by atoms with E-state index in [0.717, 1.165) is 31.2 Å². The fourth-order valence-corrected chi connectivity index (χ4v) is 8.18. The van der Waals surface area contributed by atoms with Crippen molar-refractivity contribution in [2.24, 2.45) is 0 Å². The van der Waals surface area contributed by atoms with Crippen molar-refractivity contribution >= 4 is 7.82 Å². The largest absolute Gasteiger partial charge is 0.475 e. The van der Waals surface area contributed by atoms with Crippen LogP contribution in [-0.4, -0.2) is 64.2 Å². The zero-order valence-electron chi connectivity index (χ0n) is 36.8. The van der Waals surface area contributed by atoms with E-state index in [0.29, 0.717) is 26.3 Å². The summed E-state index contributed by atoms with van der Waals surface area (Å²) in [6.07, 6.45) is 41.9. The van der Waals surface area contributed by atoms with Gasteiger partial charge in [-0.25, -0.2) is 4.57 Å². The third kappa shape index (κ3) is 34.8. The van der Waals surface area contributed by atoms with Crippen LogP contribution < -0.4 is 0 Å². The fraction of sp³-hybridized carbons (Fsp3) is 0.833. The molecule has 56 heavy (non-hydrogen) atoms. The van der Waals surface area contributed by atoms with Crippen LogP contribution >= 0.6 is 7.82 Å². The van der Waals surface area contributed by atoms with E-state index in [9.17, 15) is 4.57 Å². The second-order valence-corrected chi connectivity index (χ2v) is 17.7. The molecule has 0 saturated heterocycles. The number of unbranched alkanes of at least 4 members (excludes halogenated alkanes) is 26. The van der Waals surface area contributed by atoms with E-state index in [1.54, 1.807) is 0 Å². The molecule has 0 amide bonds. The van der Waals surface area contributed by atoms with Crippen molar-refractivity contribution in [2.45, 2.75) is 206 Å². The number of phosphoric ester groups is 1. The van der Waals surface area contributed by atoms with E-state index in [2.05, 4.69) is 19.8 Å². The van der Waals surface area contributed by atoms with Gasteiger partial charge in [-0.05, 0) is 25.5 Å². The Morgan fingerprint density at radius 1 is 0.571 bits per heavy atom. The molecule has 1 unspecified atom stereocenters. The summed E-state index contributed by atoms with van der Waals surface area (Å²) in [4.78, 5) is 1.93. The maximum absolute atomic E-state index is 14.0. The first kappa shape index (κ1) is 52.8. The lowest BCUT2D eigenvalue weighted by atomic mass is 10.0. The number of ether oxygens (including phenoxy) is 2. The molecule has 0 aliphatic rings. The van der Waals surface area contributed by atoms with E-state index in [4.69, 9.17) is 29.5 Å². The van der Waals surface area contributed by atoms with Gasteiger partial charge in [-0.3, -0.25) is 18.5 Å². The summed E-state index contributed by atoms with van der Waals surface area (Å²) in [7, 11) is -2.04. The minimum atomic E-state index is -3.94. The molecule has 0 aliphatic carbocycles. The van der Waals surface area contributed by atoms with Crippen molar-refractivity contribution in [3.63, 3.8) is 0 Å². The highest BCUT2D eigenvalue weighted by atomic mass is 31.2. The van der Waals surface area contributed by atoms with E-state index in [1.165, 1.54) is 154 Å². The molecule has 1 rings (SSSR count). The van der Waals surface area contributed by atoms with Gasteiger partial charge in [0.15, 0.2) is 0 Å². The smallest absolute Gasteiger partial charge is 0.379 e. The lowest BCUT2D eigenvalue weighted by molar-refractivity contribution is -0.0296. The van der Waals surface area contributed by atoms with Crippen molar-refractivity contribution in [1.29, 1.82) is 0 Å². The second kappa shape index (κ2) is 40.5. The molecule has 0 fully saturated rings. The Kier molecular flexibility index (Phi) is 38.2. The van der Waals surface area contributed by atoms with E-state index < -0.39 is 13.9 Å². The molecule has 0 spiro atoms. The Labute approximate surface area is 347 Å². The summed E-state index contributed by atoms with van der Waals surface area (Å²) in [5, 5.41) is 0. The van der Waals surface area contributed by atoms with Crippen molar-refractivity contribution in [3.05, 3.63) is 35.9 Å². The second-order valence-electron chi connectivity index (χ2n) is 16.1. The van der Waals surface area contributed by atoms with Crippen molar-refractivity contribution < 1.29 is 27.6 Å². The molecular formula is C48H88NO6P. The minimum absolute atomic E-state index is 0.116. The normalized spacial score (nSPS) is 12.8. The zero-order chi connectivity index (χ0) is 40.5. The Balaban J connectivity index is 2.46. The number of benzene rings is 1. The highest BCUT2D eigenvalue weighted by molar-refractivity contribution is 7.48. The number of rotatable bonds is 44. The number of hydrogen-bond acceptors (Lipinski definition) is 7. The van der Waals surface area contributed by atoms with Crippen LogP contribution in [0.2, 0.25) is 0 Å². The lowest BCUT2D eigenvalue weighted by Gasteiger charge is -2.25. The highest BCUT2D eigenvalue weighted by Gasteiger charge is 2.32. The molecule has 0 bridgehead atoms. The highest BCUT2D eigenvalue weighted by Crippen LogP contribution is 2.51. The quantitative estimate of drug-likeness (QED) is 0.0370.